The van der Waals surface area contributed by atoms with Crippen LogP contribution in [0.2, 0.25) is 0 Å². The fourth-order valence-corrected chi connectivity index (χ4v) is 4.35. The fourth-order valence-electron chi connectivity index (χ4n) is 4.35. The van der Waals surface area contributed by atoms with Crippen molar-refractivity contribution in [1.29, 1.82) is 0 Å². The maximum Gasteiger partial charge on any atom is 0.227 e. The summed E-state index contributed by atoms with van der Waals surface area (Å²) in [5, 5.41) is 4.11. The summed E-state index contributed by atoms with van der Waals surface area (Å²) < 4.78 is 11.7. The molecule has 0 bridgehead atoms. The molecule has 2 aromatic rings. The first-order chi connectivity index (χ1) is 13.5. The number of rotatable bonds is 4. The molecule has 1 unspecified atom stereocenters. The van der Waals surface area contributed by atoms with E-state index < -0.39 is 0 Å². The third-order valence-corrected chi connectivity index (χ3v) is 5.95. The van der Waals surface area contributed by atoms with E-state index in [2.05, 4.69) is 15.1 Å². The molecular formula is C21H28N4O3. The number of carbonyl (C=O) groups excluding carboxylic acids is 1. The number of carbonyl (C=O) groups is 1. The number of amides is 1. The van der Waals surface area contributed by atoms with Gasteiger partial charge in [0.25, 0.3) is 0 Å². The first kappa shape index (κ1) is 19.1. The Morgan fingerprint density at radius 3 is 2.75 bits per heavy atom. The largest absolute Gasteiger partial charge is 0.375 e. The number of aromatic nitrogens is 3. The molecule has 1 spiro atoms. The Labute approximate surface area is 165 Å². The molecular weight excluding hydrogens is 356 g/mol. The molecule has 1 amide bonds. The second-order valence-corrected chi connectivity index (χ2v) is 8.32. The molecule has 1 atom stereocenters. The molecule has 0 aliphatic carbocycles. The standard InChI is InChI=1S/C21H28N4O3/c1-15(2)20(26)25-10-6-21(7-11-25)14-16(5-12-27-21)13-18-23-19(24-28-18)17-3-8-22-9-4-17/h3-4,8-9,15-16H,5-7,10-14H2,1-2H3. The van der Waals surface area contributed by atoms with E-state index in [9.17, 15) is 4.79 Å². The fraction of sp³-hybridized carbons (Fsp3) is 0.619. The van der Waals surface area contributed by atoms with Gasteiger partial charge < -0.3 is 14.2 Å². The summed E-state index contributed by atoms with van der Waals surface area (Å²) in [5.41, 5.74) is 0.806. The normalized spacial score (nSPS) is 22.0. The van der Waals surface area contributed by atoms with E-state index in [0.29, 0.717) is 17.6 Å². The highest BCUT2D eigenvalue weighted by atomic mass is 16.5. The van der Waals surface area contributed by atoms with Crippen LogP contribution in [0.3, 0.4) is 0 Å². The van der Waals surface area contributed by atoms with Crippen LogP contribution in [-0.2, 0) is 16.0 Å². The third-order valence-electron chi connectivity index (χ3n) is 5.95. The van der Waals surface area contributed by atoms with Crippen molar-refractivity contribution in [1.82, 2.24) is 20.0 Å². The van der Waals surface area contributed by atoms with Crippen LogP contribution in [0.15, 0.2) is 29.0 Å². The highest BCUT2D eigenvalue weighted by Gasteiger charge is 2.41. The second kappa shape index (κ2) is 7.99. The third kappa shape index (κ3) is 4.09. The van der Waals surface area contributed by atoms with Crippen molar-refractivity contribution in [2.45, 2.75) is 51.6 Å². The lowest BCUT2D eigenvalue weighted by Crippen LogP contribution is -2.51. The van der Waals surface area contributed by atoms with Gasteiger partial charge in [-0.15, -0.1) is 0 Å². The molecule has 2 saturated heterocycles. The van der Waals surface area contributed by atoms with Gasteiger partial charge in [-0.1, -0.05) is 19.0 Å². The van der Waals surface area contributed by atoms with Crippen LogP contribution in [0.1, 0.15) is 45.4 Å². The highest BCUT2D eigenvalue weighted by molar-refractivity contribution is 5.78. The van der Waals surface area contributed by atoms with Crippen molar-refractivity contribution in [2.24, 2.45) is 11.8 Å². The van der Waals surface area contributed by atoms with Crippen LogP contribution < -0.4 is 0 Å². The molecule has 2 aliphatic rings. The van der Waals surface area contributed by atoms with Gasteiger partial charge in [-0.3, -0.25) is 9.78 Å². The Bertz CT molecular complexity index is 797. The molecule has 7 heteroatoms. The zero-order valence-corrected chi connectivity index (χ0v) is 16.6. The summed E-state index contributed by atoms with van der Waals surface area (Å²) >= 11 is 0. The summed E-state index contributed by atoms with van der Waals surface area (Å²) in [6.07, 6.45) is 8.04. The average Bonchev–Trinajstić information content (AvgIpc) is 3.17. The highest BCUT2D eigenvalue weighted by Crippen LogP contribution is 2.39. The number of likely N-dealkylation sites (tertiary alicyclic amines) is 1. The monoisotopic (exact) mass is 384 g/mol. The molecule has 7 nitrogen and oxygen atoms in total. The molecule has 2 aromatic heterocycles. The van der Waals surface area contributed by atoms with Gasteiger partial charge in [-0.25, -0.2) is 0 Å². The van der Waals surface area contributed by atoms with Gasteiger partial charge in [0.2, 0.25) is 17.6 Å². The lowest BCUT2D eigenvalue weighted by molar-refractivity contribution is -0.149. The molecule has 4 heterocycles. The van der Waals surface area contributed by atoms with E-state index in [1.54, 1.807) is 12.4 Å². The average molecular weight is 384 g/mol. The minimum Gasteiger partial charge on any atom is -0.375 e. The Morgan fingerprint density at radius 2 is 2.04 bits per heavy atom. The Kier molecular flexibility index (Phi) is 5.44. The Morgan fingerprint density at radius 1 is 1.29 bits per heavy atom. The summed E-state index contributed by atoms with van der Waals surface area (Å²) in [6, 6.07) is 3.76. The van der Waals surface area contributed by atoms with Crippen molar-refractivity contribution in [3.63, 3.8) is 0 Å². The number of hydrogen-bond acceptors (Lipinski definition) is 6. The quantitative estimate of drug-likeness (QED) is 0.806. The Balaban J connectivity index is 1.36. The van der Waals surface area contributed by atoms with Crippen LogP contribution in [-0.4, -0.2) is 51.2 Å². The van der Waals surface area contributed by atoms with Crippen LogP contribution >= 0.6 is 0 Å². The van der Waals surface area contributed by atoms with E-state index >= 15 is 0 Å². The van der Waals surface area contributed by atoms with Crippen LogP contribution in [0.4, 0.5) is 0 Å². The predicted molar refractivity (Wildman–Crippen MR) is 103 cm³/mol. The predicted octanol–water partition coefficient (Wildman–Crippen LogP) is 3.12. The van der Waals surface area contributed by atoms with Gasteiger partial charge in [0, 0.05) is 50.0 Å². The molecule has 28 heavy (non-hydrogen) atoms. The molecule has 0 N–H and O–H groups in total. The van der Waals surface area contributed by atoms with E-state index in [0.717, 1.165) is 57.4 Å². The van der Waals surface area contributed by atoms with Crippen molar-refractivity contribution in [3.8, 4) is 11.4 Å². The summed E-state index contributed by atoms with van der Waals surface area (Å²) in [7, 11) is 0. The maximum atomic E-state index is 12.2. The summed E-state index contributed by atoms with van der Waals surface area (Å²) in [4.78, 5) is 22.8. The minimum atomic E-state index is -0.107. The minimum absolute atomic E-state index is 0.0567. The van der Waals surface area contributed by atoms with Gasteiger partial charge in [0.1, 0.15) is 0 Å². The van der Waals surface area contributed by atoms with Crippen molar-refractivity contribution >= 4 is 5.91 Å². The van der Waals surface area contributed by atoms with E-state index in [4.69, 9.17) is 9.26 Å². The summed E-state index contributed by atoms with van der Waals surface area (Å²) in [5.74, 6) is 2.06. The topological polar surface area (TPSA) is 81.4 Å². The van der Waals surface area contributed by atoms with Gasteiger partial charge in [-0.2, -0.15) is 4.98 Å². The first-order valence-electron chi connectivity index (χ1n) is 10.2. The SMILES string of the molecule is CC(C)C(=O)N1CCC2(CC1)CC(Cc1nc(-c3ccncc3)no1)CCO2. The van der Waals surface area contributed by atoms with Crippen LogP contribution in [0, 0.1) is 11.8 Å². The Hall–Kier alpha value is -2.28. The number of ether oxygens (including phenoxy) is 1. The zero-order valence-electron chi connectivity index (χ0n) is 16.6. The molecule has 150 valence electrons. The second-order valence-electron chi connectivity index (χ2n) is 8.32. The number of pyridine rings is 1. The van der Waals surface area contributed by atoms with Gasteiger partial charge >= 0.3 is 0 Å². The van der Waals surface area contributed by atoms with Gasteiger partial charge in [0.15, 0.2) is 0 Å². The number of nitrogens with zero attached hydrogens (tertiary/aromatic N) is 4. The van der Waals surface area contributed by atoms with Crippen molar-refractivity contribution in [3.05, 3.63) is 30.4 Å². The lowest BCUT2D eigenvalue weighted by atomic mass is 9.78. The van der Waals surface area contributed by atoms with E-state index in [1.807, 2.05) is 30.9 Å². The van der Waals surface area contributed by atoms with Gasteiger partial charge in [-0.05, 0) is 43.7 Å². The van der Waals surface area contributed by atoms with Crippen LogP contribution in [0.5, 0.6) is 0 Å². The van der Waals surface area contributed by atoms with Crippen molar-refractivity contribution < 1.29 is 14.1 Å². The van der Waals surface area contributed by atoms with Gasteiger partial charge in [0.05, 0.1) is 5.60 Å². The molecule has 4 rings (SSSR count). The molecule has 2 fully saturated rings. The molecule has 0 saturated carbocycles. The summed E-state index contributed by atoms with van der Waals surface area (Å²) in [6.45, 7) is 6.26. The molecule has 0 aromatic carbocycles. The smallest absolute Gasteiger partial charge is 0.227 e. The van der Waals surface area contributed by atoms with Crippen LogP contribution in [0.25, 0.3) is 11.4 Å². The van der Waals surface area contributed by atoms with E-state index in [-0.39, 0.29) is 17.4 Å². The van der Waals surface area contributed by atoms with E-state index in [1.165, 1.54) is 0 Å². The maximum absolute atomic E-state index is 12.2. The lowest BCUT2D eigenvalue weighted by Gasteiger charge is -2.46. The number of piperidine rings is 1. The number of hydrogen-bond donors (Lipinski definition) is 0. The zero-order chi connectivity index (χ0) is 19.6. The molecule has 2 aliphatic heterocycles. The first-order valence-corrected chi connectivity index (χ1v) is 10.2. The van der Waals surface area contributed by atoms with Crippen molar-refractivity contribution in [2.75, 3.05) is 19.7 Å². The molecule has 0 radical (unpaired) electrons.